The number of aryl methyl sites for hydroxylation is 1. The Bertz CT molecular complexity index is 433. The molecule has 1 amide bonds. The number of anilines is 1. The monoisotopic (exact) mass is 235 g/mol. The van der Waals surface area contributed by atoms with Crippen molar-refractivity contribution in [2.75, 3.05) is 5.32 Å². The Balaban J connectivity index is 2.18. The van der Waals surface area contributed by atoms with Gasteiger partial charge in [-0.05, 0) is 24.5 Å². The molecule has 5 heteroatoms. The van der Waals surface area contributed by atoms with Gasteiger partial charge in [-0.3, -0.25) is 10.2 Å². The quantitative estimate of drug-likeness (QED) is 0.510. The normalized spacial score (nSPS) is 19.5. The second kappa shape index (κ2) is 4.57. The summed E-state index contributed by atoms with van der Waals surface area (Å²) in [5.74, 6) is -0.0647. The minimum Gasteiger partial charge on any atom is -0.379 e. The third-order valence-electron chi connectivity index (χ3n) is 2.51. The first-order valence-corrected chi connectivity index (χ1v) is 5.94. The van der Waals surface area contributed by atoms with E-state index in [4.69, 9.17) is 11.1 Å². The fourth-order valence-electron chi connectivity index (χ4n) is 1.76. The Morgan fingerprint density at radius 2 is 2.25 bits per heavy atom. The maximum absolute atomic E-state index is 11.8. The summed E-state index contributed by atoms with van der Waals surface area (Å²) in [5, 5.41) is 9.81. The molecule has 0 fully saturated rings. The molecule has 1 aliphatic heterocycles. The molecule has 84 valence electrons. The van der Waals surface area contributed by atoms with Crippen LogP contribution in [0.3, 0.4) is 0 Å². The molecule has 1 aliphatic rings. The molecule has 16 heavy (non-hydrogen) atoms. The highest BCUT2D eigenvalue weighted by atomic mass is 32.2. The topological polar surface area (TPSA) is 79.0 Å². The summed E-state index contributed by atoms with van der Waals surface area (Å²) in [6.45, 7) is 0. The maximum Gasteiger partial charge on any atom is 0.237 e. The van der Waals surface area contributed by atoms with Crippen molar-refractivity contribution in [3.05, 3.63) is 29.8 Å². The van der Waals surface area contributed by atoms with Crippen LogP contribution in [0, 0.1) is 5.41 Å². The lowest BCUT2D eigenvalue weighted by atomic mass is 10.1. The first-order valence-electron chi connectivity index (χ1n) is 5.06. The average molecular weight is 235 g/mol. The van der Waals surface area contributed by atoms with Crippen LogP contribution in [0.2, 0.25) is 0 Å². The number of hydrogen-bond acceptors (Lipinski definition) is 3. The highest BCUT2D eigenvalue weighted by molar-refractivity contribution is 8.14. The van der Waals surface area contributed by atoms with Crippen LogP contribution in [0.25, 0.3) is 0 Å². The minimum absolute atomic E-state index is 0.00824. The number of hydrogen-bond donors (Lipinski definition) is 3. The lowest BCUT2D eigenvalue weighted by Crippen LogP contribution is -2.26. The van der Waals surface area contributed by atoms with E-state index in [1.165, 1.54) is 0 Å². The molecular formula is C11H13N3OS. The van der Waals surface area contributed by atoms with Crippen molar-refractivity contribution in [2.45, 2.75) is 18.1 Å². The predicted octanol–water partition coefficient (Wildman–Crippen LogP) is 1.57. The standard InChI is InChI=1S/C11H13N3OS/c12-11(13)16-9-6-5-7-3-1-2-4-8(7)14-10(9)15/h1-4,9H,5-6H2,(H3,12,13)(H,14,15). The van der Waals surface area contributed by atoms with Gasteiger partial charge in [0.25, 0.3) is 0 Å². The number of amides is 1. The van der Waals surface area contributed by atoms with Gasteiger partial charge in [-0.25, -0.2) is 0 Å². The van der Waals surface area contributed by atoms with Crippen LogP contribution in [0.1, 0.15) is 12.0 Å². The number of para-hydroxylation sites is 1. The third kappa shape index (κ3) is 2.36. The number of carbonyl (C=O) groups is 1. The smallest absolute Gasteiger partial charge is 0.237 e. The van der Waals surface area contributed by atoms with E-state index in [0.717, 1.165) is 29.4 Å². The largest absolute Gasteiger partial charge is 0.379 e. The summed E-state index contributed by atoms with van der Waals surface area (Å²) >= 11 is 1.12. The van der Waals surface area contributed by atoms with Gasteiger partial charge in [0.15, 0.2) is 5.17 Å². The van der Waals surface area contributed by atoms with Crippen molar-refractivity contribution in [2.24, 2.45) is 5.73 Å². The number of nitrogens with one attached hydrogen (secondary N) is 2. The number of thioether (sulfide) groups is 1. The number of amidine groups is 1. The Labute approximate surface area is 98.1 Å². The minimum atomic E-state index is -0.259. The molecule has 0 aromatic heterocycles. The summed E-state index contributed by atoms with van der Waals surface area (Å²) in [7, 11) is 0. The molecule has 0 aliphatic carbocycles. The van der Waals surface area contributed by atoms with Gasteiger partial charge in [0, 0.05) is 5.69 Å². The molecule has 2 rings (SSSR count). The summed E-state index contributed by atoms with van der Waals surface area (Å²) in [6.07, 6.45) is 1.55. The predicted molar refractivity (Wildman–Crippen MR) is 66.7 cm³/mol. The van der Waals surface area contributed by atoms with Gasteiger partial charge in [-0.2, -0.15) is 0 Å². The van der Waals surface area contributed by atoms with Crippen molar-refractivity contribution in [1.29, 1.82) is 5.41 Å². The van der Waals surface area contributed by atoms with Crippen molar-refractivity contribution in [3.8, 4) is 0 Å². The van der Waals surface area contributed by atoms with Crippen LogP contribution >= 0.6 is 11.8 Å². The van der Waals surface area contributed by atoms with E-state index in [9.17, 15) is 4.79 Å². The molecule has 0 saturated heterocycles. The lowest BCUT2D eigenvalue weighted by molar-refractivity contribution is -0.115. The van der Waals surface area contributed by atoms with Gasteiger partial charge in [-0.1, -0.05) is 30.0 Å². The van der Waals surface area contributed by atoms with Gasteiger partial charge < -0.3 is 11.1 Å². The lowest BCUT2D eigenvalue weighted by Gasteiger charge is -2.10. The molecule has 1 unspecified atom stereocenters. The highest BCUT2D eigenvalue weighted by Gasteiger charge is 2.24. The fraction of sp³-hybridized carbons (Fsp3) is 0.273. The molecule has 0 bridgehead atoms. The average Bonchev–Trinajstić information content (AvgIpc) is 2.39. The molecule has 0 spiro atoms. The van der Waals surface area contributed by atoms with Gasteiger partial charge >= 0.3 is 0 Å². The van der Waals surface area contributed by atoms with Crippen LogP contribution in [-0.2, 0) is 11.2 Å². The number of benzene rings is 1. The summed E-state index contributed by atoms with van der Waals surface area (Å²) in [6, 6.07) is 7.77. The number of fused-ring (bicyclic) bond motifs is 1. The van der Waals surface area contributed by atoms with Crippen molar-refractivity contribution in [1.82, 2.24) is 0 Å². The Hall–Kier alpha value is -1.49. The second-order valence-corrected chi connectivity index (χ2v) is 4.90. The molecule has 1 heterocycles. The second-order valence-electron chi connectivity index (χ2n) is 3.66. The van der Waals surface area contributed by atoms with E-state index in [2.05, 4.69) is 5.32 Å². The molecule has 1 aromatic carbocycles. The van der Waals surface area contributed by atoms with Crippen molar-refractivity contribution < 1.29 is 4.79 Å². The third-order valence-corrected chi connectivity index (χ3v) is 3.50. The van der Waals surface area contributed by atoms with Gasteiger partial charge in [0.05, 0.1) is 5.25 Å². The van der Waals surface area contributed by atoms with Gasteiger partial charge in [0.2, 0.25) is 5.91 Å². The molecule has 1 aromatic rings. The Morgan fingerprint density at radius 3 is 3.00 bits per heavy atom. The van der Waals surface area contributed by atoms with Crippen LogP contribution in [0.4, 0.5) is 5.69 Å². The molecule has 4 nitrogen and oxygen atoms in total. The Kier molecular flexibility index (Phi) is 3.14. The number of nitrogens with two attached hydrogens (primary N) is 1. The highest BCUT2D eigenvalue weighted by Crippen LogP contribution is 2.26. The zero-order chi connectivity index (χ0) is 11.5. The van der Waals surface area contributed by atoms with Gasteiger partial charge in [0.1, 0.15) is 0 Å². The zero-order valence-corrected chi connectivity index (χ0v) is 9.51. The van der Waals surface area contributed by atoms with Crippen LogP contribution in [0.5, 0.6) is 0 Å². The Morgan fingerprint density at radius 1 is 1.50 bits per heavy atom. The first-order chi connectivity index (χ1) is 7.66. The molecule has 4 N–H and O–H groups in total. The van der Waals surface area contributed by atoms with Crippen LogP contribution < -0.4 is 11.1 Å². The fourth-order valence-corrected chi connectivity index (χ4v) is 2.47. The molecule has 0 saturated carbocycles. The first kappa shape index (κ1) is 11.0. The summed E-state index contributed by atoms with van der Waals surface area (Å²) in [4.78, 5) is 11.8. The van der Waals surface area contributed by atoms with Crippen LogP contribution in [0.15, 0.2) is 24.3 Å². The summed E-state index contributed by atoms with van der Waals surface area (Å²) in [5.41, 5.74) is 7.32. The molecular weight excluding hydrogens is 222 g/mol. The van der Waals surface area contributed by atoms with E-state index < -0.39 is 0 Å². The SMILES string of the molecule is N=C(N)SC1CCc2ccccc2NC1=O. The van der Waals surface area contributed by atoms with Gasteiger partial charge in [-0.15, -0.1) is 0 Å². The molecule has 0 radical (unpaired) electrons. The van der Waals surface area contributed by atoms with E-state index in [1.807, 2.05) is 24.3 Å². The van der Waals surface area contributed by atoms with Crippen LogP contribution in [-0.4, -0.2) is 16.3 Å². The van der Waals surface area contributed by atoms with Crippen molar-refractivity contribution in [3.63, 3.8) is 0 Å². The van der Waals surface area contributed by atoms with Crippen molar-refractivity contribution >= 4 is 28.5 Å². The van der Waals surface area contributed by atoms with E-state index in [-0.39, 0.29) is 16.3 Å². The van der Waals surface area contributed by atoms with E-state index >= 15 is 0 Å². The number of rotatable bonds is 1. The summed E-state index contributed by atoms with van der Waals surface area (Å²) < 4.78 is 0. The van der Waals surface area contributed by atoms with E-state index in [1.54, 1.807) is 0 Å². The van der Waals surface area contributed by atoms with E-state index in [0.29, 0.717) is 6.42 Å². The maximum atomic E-state index is 11.8. The number of carbonyl (C=O) groups excluding carboxylic acids is 1. The zero-order valence-electron chi connectivity index (χ0n) is 8.69. The molecule has 1 atom stereocenters.